The fraction of sp³-hybridized carbons (Fsp3) is 0.463. The molecule has 2 unspecified atom stereocenters. The number of hydrogen-bond acceptors (Lipinski definition) is 10. The number of benzene rings is 3. The fourth-order valence-electron chi connectivity index (χ4n) is 9.00. The second kappa shape index (κ2) is 15.9. The number of carboxylic acid groups (broad SMARTS) is 1. The number of imide groups is 1. The van der Waals surface area contributed by atoms with Crippen molar-refractivity contribution in [3.8, 4) is 17.2 Å². The standard InChI is InChI=1S/C41H50N6O8/c1-53-32-26-29(27-33(54-2)34(32)55-3)36(48)45-21-15-40(28-45,30-10-6-4-7-11-30)14-18-43-19-16-41(17-20-43,31-12-8-5-9-13-31)38(51)42-39(52)47-35(37(49)50)44-22-24-46(47)25-23-44/h4-13,26-27,35H,14-25,28H2,1-3H3,(H,49,50)(H,42,51,52). The van der Waals surface area contributed by atoms with Crippen LogP contribution in [-0.4, -0.2) is 140 Å². The molecule has 3 aromatic carbocycles. The lowest BCUT2D eigenvalue weighted by molar-refractivity contribution is -0.190. The average molecular weight is 755 g/mol. The number of rotatable bonds is 11. The van der Waals surface area contributed by atoms with Gasteiger partial charge in [-0.2, -0.15) is 0 Å². The second-order valence-electron chi connectivity index (χ2n) is 14.9. The van der Waals surface area contributed by atoms with Gasteiger partial charge in [-0.3, -0.25) is 19.8 Å². The van der Waals surface area contributed by atoms with E-state index in [1.54, 1.807) is 22.0 Å². The highest BCUT2D eigenvalue weighted by Crippen LogP contribution is 2.42. The van der Waals surface area contributed by atoms with Crippen molar-refractivity contribution in [2.45, 2.75) is 42.7 Å². The number of amides is 4. The molecule has 2 bridgehead atoms. The van der Waals surface area contributed by atoms with Crippen LogP contribution in [0.25, 0.3) is 0 Å². The molecule has 292 valence electrons. The van der Waals surface area contributed by atoms with Crippen molar-refractivity contribution in [3.63, 3.8) is 0 Å². The summed E-state index contributed by atoms with van der Waals surface area (Å²) in [7, 11) is 4.60. The minimum atomic E-state index is -1.15. The molecule has 5 aliphatic heterocycles. The van der Waals surface area contributed by atoms with E-state index in [4.69, 9.17) is 14.2 Å². The summed E-state index contributed by atoms with van der Waals surface area (Å²) in [5.74, 6) is -0.367. The number of hydrogen-bond donors (Lipinski definition) is 2. The molecular weight excluding hydrogens is 704 g/mol. The Bertz CT molecular complexity index is 1850. The van der Waals surface area contributed by atoms with Crippen molar-refractivity contribution in [2.75, 3.05) is 80.2 Å². The van der Waals surface area contributed by atoms with E-state index in [0.29, 0.717) is 88.0 Å². The first-order valence-electron chi connectivity index (χ1n) is 18.9. The molecule has 5 heterocycles. The lowest BCUT2D eigenvalue weighted by atomic mass is 9.71. The Hall–Kier alpha value is -5.18. The van der Waals surface area contributed by atoms with Crippen LogP contribution in [-0.2, 0) is 20.4 Å². The molecule has 8 rings (SSSR count). The Labute approximate surface area is 321 Å². The molecule has 2 atom stereocenters. The molecule has 0 radical (unpaired) electrons. The number of piperazine rings is 1. The summed E-state index contributed by atoms with van der Waals surface area (Å²) in [6.45, 7) is 5.26. The molecule has 5 fully saturated rings. The molecule has 0 saturated carbocycles. The van der Waals surface area contributed by atoms with Gasteiger partial charge in [-0.25, -0.2) is 19.6 Å². The highest BCUT2D eigenvalue weighted by atomic mass is 16.5. The molecule has 14 nitrogen and oxygen atoms in total. The number of nitrogens with one attached hydrogen (secondary N) is 1. The molecular formula is C41H50N6O8. The number of carbonyl (C=O) groups is 4. The van der Waals surface area contributed by atoms with Gasteiger partial charge in [0.2, 0.25) is 17.8 Å². The molecule has 3 aromatic rings. The molecule has 5 saturated heterocycles. The number of fused-ring (bicyclic) bond motifs is 3. The number of carboxylic acids is 1. The lowest BCUT2D eigenvalue weighted by Gasteiger charge is -2.52. The molecule has 0 aliphatic carbocycles. The van der Waals surface area contributed by atoms with Crippen LogP contribution in [0.1, 0.15) is 47.2 Å². The van der Waals surface area contributed by atoms with E-state index in [-0.39, 0.29) is 11.3 Å². The van der Waals surface area contributed by atoms with Gasteiger partial charge in [0.1, 0.15) is 0 Å². The van der Waals surface area contributed by atoms with Crippen LogP contribution in [0.4, 0.5) is 4.79 Å². The second-order valence-corrected chi connectivity index (χ2v) is 14.9. The van der Waals surface area contributed by atoms with Gasteiger partial charge in [0.25, 0.3) is 5.91 Å². The molecule has 0 spiro atoms. The van der Waals surface area contributed by atoms with E-state index in [1.807, 2.05) is 53.4 Å². The zero-order chi connectivity index (χ0) is 38.7. The van der Waals surface area contributed by atoms with Gasteiger partial charge in [0, 0.05) is 50.2 Å². The fourth-order valence-corrected chi connectivity index (χ4v) is 9.00. The lowest BCUT2D eigenvalue weighted by Crippen LogP contribution is -2.74. The van der Waals surface area contributed by atoms with Gasteiger partial charge in [-0.05, 0) is 68.6 Å². The third-order valence-corrected chi connectivity index (χ3v) is 12.1. The quantitative estimate of drug-likeness (QED) is 0.297. The number of nitrogens with zero attached hydrogens (tertiary/aromatic N) is 5. The summed E-state index contributed by atoms with van der Waals surface area (Å²) < 4.78 is 16.5. The van der Waals surface area contributed by atoms with E-state index in [1.165, 1.54) is 31.9 Å². The zero-order valence-electron chi connectivity index (χ0n) is 31.7. The highest BCUT2D eigenvalue weighted by molar-refractivity contribution is 6.01. The third-order valence-electron chi connectivity index (χ3n) is 12.1. The third kappa shape index (κ3) is 7.21. The Kier molecular flexibility index (Phi) is 11.0. The van der Waals surface area contributed by atoms with Crippen LogP contribution in [0.2, 0.25) is 0 Å². The molecule has 5 aliphatic rings. The predicted octanol–water partition coefficient (Wildman–Crippen LogP) is 3.42. The van der Waals surface area contributed by atoms with Gasteiger partial charge in [0.05, 0.1) is 26.7 Å². The molecule has 55 heavy (non-hydrogen) atoms. The Morgan fingerprint density at radius 1 is 0.764 bits per heavy atom. The number of piperidine rings is 1. The van der Waals surface area contributed by atoms with E-state index in [2.05, 4.69) is 22.3 Å². The van der Waals surface area contributed by atoms with Gasteiger partial charge < -0.3 is 29.1 Å². The summed E-state index contributed by atoms with van der Waals surface area (Å²) >= 11 is 0. The maximum Gasteiger partial charge on any atom is 0.343 e. The van der Waals surface area contributed by atoms with Gasteiger partial charge in [-0.1, -0.05) is 60.7 Å². The number of likely N-dealkylation sites (tertiary alicyclic amines) is 2. The highest BCUT2D eigenvalue weighted by Gasteiger charge is 2.49. The van der Waals surface area contributed by atoms with Crippen LogP contribution >= 0.6 is 0 Å². The van der Waals surface area contributed by atoms with Gasteiger partial charge >= 0.3 is 12.0 Å². The summed E-state index contributed by atoms with van der Waals surface area (Å²) in [5, 5.41) is 15.5. The van der Waals surface area contributed by atoms with E-state index in [0.717, 1.165) is 24.9 Å². The SMILES string of the molecule is COc1cc(C(=O)N2CCC(CCN3CCC(C(=O)NC(=O)N4C(C(=O)O)N5CCN4CC5)(c4ccccc4)CC3)(c3ccccc3)C2)cc(OC)c1OC. The number of methoxy groups -OCH3 is 3. The predicted molar refractivity (Wildman–Crippen MR) is 203 cm³/mol. The van der Waals surface area contributed by atoms with Crippen LogP contribution < -0.4 is 19.5 Å². The first-order chi connectivity index (χ1) is 26.6. The normalized spacial score (nSPS) is 24.6. The first-order valence-corrected chi connectivity index (χ1v) is 18.9. The minimum absolute atomic E-state index is 0.107. The van der Waals surface area contributed by atoms with Crippen molar-refractivity contribution in [1.82, 2.24) is 30.0 Å². The zero-order valence-corrected chi connectivity index (χ0v) is 31.7. The molecule has 14 heteroatoms. The van der Waals surface area contributed by atoms with E-state index >= 15 is 0 Å². The summed E-state index contributed by atoms with van der Waals surface area (Å²) in [4.78, 5) is 60.2. The number of urea groups is 1. The first kappa shape index (κ1) is 38.1. The molecule has 2 N–H and O–H groups in total. The Morgan fingerprint density at radius 2 is 1.36 bits per heavy atom. The number of aliphatic carboxylic acids is 1. The topological polar surface area (TPSA) is 144 Å². The van der Waals surface area contributed by atoms with Crippen molar-refractivity contribution in [2.24, 2.45) is 0 Å². The maximum atomic E-state index is 14.3. The number of hydrazine groups is 1. The van der Waals surface area contributed by atoms with Crippen LogP contribution in [0, 0.1) is 0 Å². The van der Waals surface area contributed by atoms with E-state index in [9.17, 15) is 24.3 Å². The Balaban J connectivity index is 1.06. The molecule has 4 amide bonds. The summed E-state index contributed by atoms with van der Waals surface area (Å²) in [6, 6.07) is 22.6. The largest absolute Gasteiger partial charge is 0.493 e. The van der Waals surface area contributed by atoms with Crippen molar-refractivity contribution >= 4 is 23.8 Å². The van der Waals surface area contributed by atoms with Crippen LogP contribution in [0.5, 0.6) is 17.2 Å². The Morgan fingerprint density at radius 3 is 1.93 bits per heavy atom. The van der Waals surface area contributed by atoms with Gasteiger partial charge in [-0.15, -0.1) is 0 Å². The van der Waals surface area contributed by atoms with Gasteiger partial charge in [0.15, 0.2) is 11.5 Å². The maximum absolute atomic E-state index is 14.3. The van der Waals surface area contributed by atoms with Crippen molar-refractivity contribution in [3.05, 3.63) is 89.5 Å². The minimum Gasteiger partial charge on any atom is -0.493 e. The van der Waals surface area contributed by atoms with Crippen molar-refractivity contribution in [1.29, 1.82) is 0 Å². The smallest absolute Gasteiger partial charge is 0.343 e. The van der Waals surface area contributed by atoms with Crippen LogP contribution in [0.3, 0.4) is 0 Å². The van der Waals surface area contributed by atoms with Crippen molar-refractivity contribution < 1.29 is 38.5 Å². The summed E-state index contributed by atoms with van der Waals surface area (Å²) in [5.41, 5.74) is 1.22. The monoisotopic (exact) mass is 754 g/mol. The number of ether oxygens (including phenoxy) is 3. The molecule has 0 aromatic heterocycles. The summed E-state index contributed by atoms with van der Waals surface area (Å²) in [6.07, 6.45) is 1.42. The van der Waals surface area contributed by atoms with Crippen LogP contribution in [0.15, 0.2) is 72.8 Å². The average Bonchev–Trinajstić information content (AvgIpc) is 3.68. The number of carbonyl (C=O) groups excluding carboxylic acids is 3. The van der Waals surface area contributed by atoms with E-state index < -0.39 is 29.5 Å².